The molecule has 1 heterocycles. The van der Waals surface area contributed by atoms with Crippen LogP contribution < -0.4 is 9.47 Å². The van der Waals surface area contributed by atoms with Crippen LogP contribution in [0, 0.1) is 11.3 Å². The molecule has 0 aliphatic carbocycles. The summed E-state index contributed by atoms with van der Waals surface area (Å²) >= 11 is 0. The van der Waals surface area contributed by atoms with Gasteiger partial charge in [0.1, 0.15) is 0 Å². The van der Waals surface area contributed by atoms with Gasteiger partial charge in [-0.25, -0.2) is 0 Å². The SMILES string of the molecule is N#CC(c1ccc2c(c1)OCO2)C(CC(=O)O)c1ccccc1. The van der Waals surface area contributed by atoms with Gasteiger partial charge < -0.3 is 14.6 Å². The molecule has 1 N–H and O–H groups in total. The van der Waals surface area contributed by atoms with E-state index in [9.17, 15) is 15.2 Å². The van der Waals surface area contributed by atoms with E-state index in [1.54, 1.807) is 18.2 Å². The number of carboxylic acids is 1. The van der Waals surface area contributed by atoms with Gasteiger partial charge in [-0.2, -0.15) is 5.26 Å². The maximum Gasteiger partial charge on any atom is 0.304 e. The summed E-state index contributed by atoms with van der Waals surface area (Å²) in [6, 6.07) is 16.8. The summed E-state index contributed by atoms with van der Waals surface area (Å²) in [4.78, 5) is 11.3. The average Bonchev–Trinajstić information content (AvgIpc) is 3.03. The van der Waals surface area contributed by atoms with Crippen LogP contribution in [-0.4, -0.2) is 17.9 Å². The molecule has 0 spiro atoms. The molecule has 2 unspecified atom stereocenters. The van der Waals surface area contributed by atoms with Crippen LogP contribution in [0.15, 0.2) is 48.5 Å². The van der Waals surface area contributed by atoms with Crippen molar-refractivity contribution in [1.29, 1.82) is 5.26 Å². The van der Waals surface area contributed by atoms with Crippen LogP contribution in [0.2, 0.25) is 0 Å². The van der Waals surface area contributed by atoms with Crippen molar-refractivity contribution in [2.75, 3.05) is 6.79 Å². The first-order chi connectivity index (χ1) is 11.2. The van der Waals surface area contributed by atoms with E-state index in [1.165, 1.54) is 0 Å². The number of nitriles is 1. The van der Waals surface area contributed by atoms with E-state index in [-0.39, 0.29) is 13.2 Å². The van der Waals surface area contributed by atoms with E-state index in [4.69, 9.17) is 9.47 Å². The van der Waals surface area contributed by atoms with Gasteiger partial charge in [0.15, 0.2) is 11.5 Å². The molecular weight excluding hydrogens is 294 g/mol. The van der Waals surface area contributed by atoms with E-state index in [0.29, 0.717) is 11.5 Å². The fourth-order valence-corrected chi connectivity index (χ4v) is 2.82. The lowest BCUT2D eigenvalue weighted by molar-refractivity contribution is -0.137. The molecule has 2 aromatic carbocycles. The topological polar surface area (TPSA) is 79.5 Å². The Balaban J connectivity index is 1.99. The van der Waals surface area contributed by atoms with Crippen LogP contribution in [0.3, 0.4) is 0 Å². The minimum absolute atomic E-state index is 0.114. The smallest absolute Gasteiger partial charge is 0.304 e. The number of fused-ring (bicyclic) bond motifs is 1. The predicted octanol–water partition coefficient (Wildman–Crippen LogP) is 3.28. The molecule has 5 heteroatoms. The van der Waals surface area contributed by atoms with Crippen LogP contribution in [0.4, 0.5) is 0 Å². The Hall–Kier alpha value is -3.00. The number of benzene rings is 2. The molecule has 1 aliphatic rings. The maximum absolute atomic E-state index is 11.3. The molecule has 23 heavy (non-hydrogen) atoms. The van der Waals surface area contributed by atoms with Gasteiger partial charge in [-0.3, -0.25) is 4.79 Å². The molecule has 3 rings (SSSR count). The van der Waals surface area contributed by atoms with Gasteiger partial charge >= 0.3 is 5.97 Å². The summed E-state index contributed by atoms with van der Waals surface area (Å²) in [6.45, 7) is 0.160. The summed E-state index contributed by atoms with van der Waals surface area (Å²) in [7, 11) is 0. The summed E-state index contributed by atoms with van der Waals surface area (Å²) < 4.78 is 10.6. The van der Waals surface area contributed by atoms with Crippen molar-refractivity contribution in [1.82, 2.24) is 0 Å². The fourth-order valence-electron chi connectivity index (χ4n) is 2.82. The van der Waals surface area contributed by atoms with Crippen LogP contribution in [-0.2, 0) is 4.79 Å². The Labute approximate surface area is 133 Å². The van der Waals surface area contributed by atoms with Crippen LogP contribution in [0.25, 0.3) is 0 Å². The zero-order valence-corrected chi connectivity index (χ0v) is 12.3. The lowest BCUT2D eigenvalue weighted by Gasteiger charge is -2.21. The first-order valence-corrected chi connectivity index (χ1v) is 7.25. The Morgan fingerprint density at radius 1 is 1.13 bits per heavy atom. The van der Waals surface area contributed by atoms with Crippen LogP contribution in [0.1, 0.15) is 29.4 Å². The van der Waals surface area contributed by atoms with Crippen molar-refractivity contribution in [2.45, 2.75) is 18.3 Å². The Bertz CT molecular complexity index is 751. The van der Waals surface area contributed by atoms with Gasteiger partial charge in [-0.05, 0) is 23.3 Å². The normalized spacial score (nSPS) is 14.7. The number of nitrogens with zero attached hydrogens (tertiary/aromatic N) is 1. The Morgan fingerprint density at radius 2 is 1.87 bits per heavy atom. The molecule has 1 aliphatic heterocycles. The van der Waals surface area contributed by atoms with E-state index in [0.717, 1.165) is 11.1 Å². The van der Waals surface area contributed by atoms with Crippen LogP contribution in [0.5, 0.6) is 11.5 Å². The monoisotopic (exact) mass is 309 g/mol. The second kappa shape index (κ2) is 6.41. The minimum atomic E-state index is -0.931. The molecular formula is C18H15NO4. The highest BCUT2D eigenvalue weighted by Gasteiger charge is 2.28. The van der Waals surface area contributed by atoms with Gasteiger partial charge in [0.2, 0.25) is 6.79 Å². The van der Waals surface area contributed by atoms with Gasteiger partial charge in [0, 0.05) is 5.92 Å². The van der Waals surface area contributed by atoms with Gasteiger partial charge in [0.25, 0.3) is 0 Å². The van der Waals surface area contributed by atoms with Gasteiger partial charge in [-0.1, -0.05) is 36.4 Å². The molecule has 5 nitrogen and oxygen atoms in total. The molecule has 2 aromatic rings. The summed E-state index contributed by atoms with van der Waals surface area (Å²) in [5.74, 6) is -0.716. The number of ether oxygens (including phenoxy) is 2. The highest BCUT2D eigenvalue weighted by Crippen LogP contribution is 2.40. The number of carboxylic acid groups (broad SMARTS) is 1. The third kappa shape index (κ3) is 3.11. The van der Waals surface area contributed by atoms with E-state index in [1.807, 2.05) is 30.3 Å². The van der Waals surface area contributed by atoms with E-state index in [2.05, 4.69) is 6.07 Å². The molecule has 0 aromatic heterocycles. The van der Waals surface area contributed by atoms with Crippen molar-refractivity contribution in [2.24, 2.45) is 0 Å². The standard InChI is InChI=1S/C18H15NO4/c19-10-15(13-6-7-16-17(8-13)23-11-22-16)14(9-18(20)21)12-4-2-1-3-5-12/h1-8,14-15H,9,11H2,(H,20,21). The highest BCUT2D eigenvalue weighted by atomic mass is 16.7. The number of rotatable bonds is 5. The fraction of sp³-hybridized carbons (Fsp3) is 0.222. The zero-order valence-electron chi connectivity index (χ0n) is 12.3. The van der Waals surface area contributed by atoms with Crippen molar-refractivity contribution < 1.29 is 19.4 Å². The van der Waals surface area contributed by atoms with Gasteiger partial charge in [0.05, 0.1) is 18.4 Å². The summed E-state index contributed by atoms with van der Waals surface area (Å²) in [5, 5.41) is 18.9. The molecule has 116 valence electrons. The molecule has 0 bridgehead atoms. The number of hydrogen-bond donors (Lipinski definition) is 1. The molecule has 0 saturated carbocycles. The lowest BCUT2D eigenvalue weighted by atomic mass is 9.80. The average molecular weight is 309 g/mol. The Kier molecular flexibility index (Phi) is 4.15. The summed E-state index contributed by atoms with van der Waals surface area (Å²) in [5.41, 5.74) is 1.56. The quantitative estimate of drug-likeness (QED) is 0.916. The number of aliphatic carboxylic acids is 1. The van der Waals surface area contributed by atoms with Crippen LogP contribution >= 0.6 is 0 Å². The zero-order chi connectivity index (χ0) is 16.2. The first kappa shape index (κ1) is 14.9. The number of hydrogen-bond acceptors (Lipinski definition) is 4. The largest absolute Gasteiger partial charge is 0.481 e. The molecule has 0 amide bonds. The van der Waals surface area contributed by atoms with Crippen molar-refractivity contribution in [3.05, 3.63) is 59.7 Å². The molecule has 0 saturated heterocycles. The first-order valence-electron chi connectivity index (χ1n) is 7.25. The lowest BCUT2D eigenvalue weighted by Crippen LogP contribution is -2.14. The molecule has 2 atom stereocenters. The second-order valence-corrected chi connectivity index (χ2v) is 5.33. The van der Waals surface area contributed by atoms with Gasteiger partial charge in [-0.15, -0.1) is 0 Å². The van der Waals surface area contributed by atoms with Crippen molar-refractivity contribution in [3.8, 4) is 17.6 Å². The maximum atomic E-state index is 11.3. The Morgan fingerprint density at radius 3 is 2.57 bits per heavy atom. The highest BCUT2D eigenvalue weighted by molar-refractivity contribution is 5.68. The number of carbonyl (C=O) groups is 1. The predicted molar refractivity (Wildman–Crippen MR) is 82.4 cm³/mol. The van der Waals surface area contributed by atoms with E-state index >= 15 is 0 Å². The molecule has 0 radical (unpaired) electrons. The molecule has 0 fully saturated rings. The van der Waals surface area contributed by atoms with Crippen molar-refractivity contribution >= 4 is 5.97 Å². The minimum Gasteiger partial charge on any atom is -0.481 e. The second-order valence-electron chi connectivity index (χ2n) is 5.33. The summed E-state index contributed by atoms with van der Waals surface area (Å²) in [6.07, 6.45) is -0.114. The van der Waals surface area contributed by atoms with Crippen molar-refractivity contribution in [3.63, 3.8) is 0 Å². The third-order valence-electron chi connectivity index (χ3n) is 3.92. The third-order valence-corrected chi connectivity index (χ3v) is 3.92. The van der Waals surface area contributed by atoms with E-state index < -0.39 is 17.8 Å².